The standard InChI is InChI=1S/C11H17N5/c1-15-4-8-6-16(7-9(8)5-15)11-3-2-10(12)13-14-11/h2-3,8-9H,4-7H2,1H3,(H2,12,13)/t8-,9-/m1/s1. The van der Waals surface area contributed by atoms with Crippen LogP contribution in [0.1, 0.15) is 0 Å². The first-order chi connectivity index (χ1) is 7.72. The van der Waals surface area contributed by atoms with E-state index in [0.29, 0.717) is 5.82 Å². The molecule has 86 valence electrons. The molecule has 0 spiro atoms. The van der Waals surface area contributed by atoms with Crippen LogP contribution in [0.15, 0.2) is 12.1 Å². The predicted molar refractivity (Wildman–Crippen MR) is 63.1 cm³/mol. The number of hydrogen-bond donors (Lipinski definition) is 1. The van der Waals surface area contributed by atoms with Gasteiger partial charge in [0.15, 0.2) is 5.82 Å². The Kier molecular flexibility index (Phi) is 2.21. The van der Waals surface area contributed by atoms with Crippen molar-refractivity contribution in [3.63, 3.8) is 0 Å². The van der Waals surface area contributed by atoms with Gasteiger partial charge in [-0.1, -0.05) is 0 Å². The lowest BCUT2D eigenvalue weighted by Gasteiger charge is -2.19. The van der Waals surface area contributed by atoms with Gasteiger partial charge in [-0.3, -0.25) is 0 Å². The first-order valence-electron chi connectivity index (χ1n) is 5.75. The molecule has 0 bridgehead atoms. The molecule has 0 saturated carbocycles. The van der Waals surface area contributed by atoms with Crippen LogP contribution in [-0.2, 0) is 0 Å². The SMILES string of the molecule is CN1C[C@@H]2CN(c3ccc(N)nn3)C[C@H]2C1. The second-order valence-electron chi connectivity index (χ2n) is 4.96. The third-order valence-electron chi connectivity index (χ3n) is 3.66. The minimum Gasteiger partial charge on any atom is -0.382 e. The third kappa shape index (κ3) is 1.61. The molecule has 2 fully saturated rings. The highest BCUT2D eigenvalue weighted by molar-refractivity contribution is 5.42. The van der Waals surface area contributed by atoms with Crippen molar-refractivity contribution in [1.82, 2.24) is 15.1 Å². The molecule has 0 aromatic carbocycles. The number of fused-ring (bicyclic) bond motifs is 1. The lowest BCUT2D eigenvalue weighted by Crippen LogP contribution is -2.27. The molecule has 1 aromatic heterocycles. The molecule has 5 nitrogen and oxygen atoms in total. The Morgan fingerprint density at radius 2 is 1.81 bits per heavy atom. The van der Waals surface area contributed by atoms with E-state index >= 15 is 0 Å². The van der Waals surface area contributed by atoms with E-state index in [9.17, 15) is 0 Å². The molecule has 2 aliphatic heterocycles. The molecule has 0 aliphatic carbocycles. The van der Waals surface area contributed by atoms with Crippen LogP contribution in [0.3, 0.4) is 0 Å². The minimum atomic E-state index is 0.489. The van der Waals surface area contributed by atoms with Crippen molar-refractivity contribution in [1.29, 1.82) is 0 Å². The van der Waals surface area contributed by atoms with Gasteiger partial charge in [-0.2, -0.15) is 0 Å². The van der Waals surface area contributed by atoms with Gasteiger partial charge in [-0.25, -0.2) is 0 Å². The molecule has 0 amide bonds. The Labute approximate surface area is 95.2 Å². The number of rotatable bonds is 1. The molecule has 5 heteroatoms. The molecule has 2 aliphatic rings. The number of nitrogens with two attached hydrogens (primary N) is 1. The zero-order valence-corrected chi connectivity index (χ0v) is 9.50. The Hall–Kier alpha value is -1.36. The number of aromatic nitrogens is 2. The average molecular weight is 219 g/mol. The van der Waals surface area contributed by atoms with Crippen LogP contribution in [0.2, 0.25) is 0 Å². The number of nitrogens with zero attached hydrogens (tertiary/aromatic N) is 4. The second kappa shape index (κ2) is 3.59. The Balaban J connectivity index is 1.73. The highest BCUT2D eigenvalue weighted by Gasteiger charge is 2.39. The summed E-state index contributed by atoms with van der Waals surface area (Å²) in [5, 5.41) is 8.05. The van der Waals surface area contributed by atoms with Gasteiger partial charge in [-0.05, 0) is 31.0 Å². The maximum atomic E-state index is 5.54. The van der Waals surface area contributed by atoms with Gasteiger partial charge in [0.2, 0.25) is 0 Å². The first-order valence-corrected chi connectivity index (χ1v) is 5.75. The largest absolute Gasteiger partial charge is 0.382 e. The van der Waals surface area contributed by atoms with Crippen LogP contribution >= 0.6 is 0 Å². The first kappa shape index (κ1) is 9.84. The number of anilines is 2. The van der Waals surface area contributed by atoms with Crippen molar-refractivity contribution in [2.45, 2.75) is 0 Å². The number of likely N-dealkylation sites (tertiary alicyclic amines) is 1. The zero-order valence-electron chi connectivity index (χ0n) is 9.50. The average Bonchev–Trinajstić information content (AvgIpc) is 2.75. The maximum absolute atomic E-state index is 5.54. The van der Waals surface area contributed by atoms with Gasteiger partial charge in [0, 0.05) is 26.2 Å². The van der Waals surface area contributed by atoms with Gasteiger partial charge < -0.3 is 15.5 Å². The Bertz CT molecular complexity index is 362. The molecule has 2 N–H and O–H groups in total. The summed E-state index contributed by atoms with van der Waals surface area (Å²) in [7, 11) is 2.20. The summed E-state index contributed by atoms with van der Waals surface area (Å²) in [6.07, 6.45) is 0. The van der Waals surface area contributed by atoms with Gasteiger partial charge in [0.05, 0.1) is 0 Å². The van der Waals surface area contributed by atoms with Crippen molar-refractivity contribution in [3.05, 3.63) is 12.1 Å². The summed E-state index contributed by atoms with van der Waals surface area (Å²) in [5.41, 5.74) is 5.54. The smallest absolute Gasteiger partial charge is 0.151 e. The van der Waals surface area contributed by atoms with E-state index in [1.54, 1.807) is 0 Å². The quantitative estimate of drug-likeness (QED) is 0.723. The van der Waals surface area contributed by atoms with E-state index in [4.69, 9.17) is 5.73 Å². The minimum absolute atomic E-state index is 0.489. The summed E-state index contributed by atoms with van der Waals surface area (Å²) < 4.78 is 0. The molecule has 3 rings (SSSR count). The fourth-order valence-corrected chi connectivity index (χ4v) is 2.92. The van der Waals surface area contributed by atoms with Crippen molar-refractivity contribution < 1.29 is 0 Å². The number of hydrogen-bond acceptors (Lipinski definition) is 5. The zero-order chi connectivity index (χ0) is 11.1. The highest BCUT2D eigenvalue weighted by atomic mass is 15.3. The van der Waals surface area contributed by atoms with Crippen molar-refractivity contribution in [2.75, 3.05) is 43.9 Å². The Morgan fingerprint density at radius 1 is 1.12 bits per heavy atom. The summed E-state index contributed by atoms with van der Waals surface area (Å²) in [5.74, 6) is 3.04. The number of nitrogen functional groups attached to an aromatic ring is 1. The summed E-state index contributed by atoms with van der Waals surface area (Å²) in [6.45, 7) is 4.63. The summed E-state index contributed by atoms with van der Waals surface area (Å²) >= 11 is 0. The van der Waals surface area contributed by atoms with Crippen molar-refractivity contribution in [2.24, 2.45) is 11.8 Å². The fourth-order valence-electron chi connectivity index (χ4n) is 2.92. The third-order valence-corrected chi connectivity index (χ3v) is 3.66. The van der Waals surface area contributed by atoms with Gasteiger partial charge in [-0.15, -0.1) is 10.2 Å². The molecule has 16 heavy (non-hydrogen) atoms. The van der Waals surface area contributed by atoms with Crippen molar-refractivity contribution >= 4 is 11.6 Å². The molecule has 3 heterocycles. The maximum Gasteiger partial charge on any atom is 0.151 e. The van der Waals surface area contributed by atoms with Crippen LogP contribution in [-0.4, -0.2) is 48.3 Å². The summed E-state index contributed by atoms with van der Waals surface area (Å²) in [6, 6.07) is 3.79. The topological polar surface area (TPSA) is 58.3 Å². The molecule has 2 saturated heterocycles. The summed E-state index contributed by atoms with van der Waals surface area (Å²) in [4.78, 5) is 4.75. The van der Waals surface area contributed by atoms with E-state index in [0.717, 1.165) is 30.7 Å². The van der Waals surface area contributed by atoms with E-state index in [-0.39, 0.29) is 0 Å². The highest BCUT2D eigenvalue weighted by Crippen LogP contribution is 2.32. The second-order valence-corrected chi connectivity index (χ2v) is 4.96. The van der Waals surface area contributed by atoms with Crippen LogP contribution < -0.4 is 10.6 Å². The van der Waals surface area contributed by atoms with E-state index in [2.05, 4.69) is 27.0 Å². The van der Waals surface area contributed by atoms with E-state index in [1.165, 1.54) is 13.1 Å². The van der Waals surface area contributed by atoms with Gasteiger partial charge in [0.25, 0.3) is 0 Å². The lowest BCUT2D eigenvalue weighted by molar-refractivity contribution is 0.387. The molecule has 1 aromatic rings. The van der Waals surface area contributed by atoms with Gasteiger partial charge in [0.1, 0.15) is 5.82 Å². The van der Waals surface area contributed by atoms with Crippen LogP contribution in [0, 0.1) is 11.8 Å². The van der Waals surface area contributed by atoms with E-state index < -0.39 is 0 Å². The molecular weight excluding hydrogens is 202 g/mol. The Morgan fingerprint density at radius 3 is 2.38 bits per heavy atom. The molecule has 0 radical (unpaired) electrons. The molecular formula is C11H17N5. The van der Waals surface area contributed by atoms with Crippen LogP contribution in [0.25, 0.3) is 0 Å². The normalized spacial score (nSPS) is 29.7. The monoisotopic (exact) mass is 219 g/mol. The predicted octanol–water partition coefficient (Wildman–Crippen LogP) is 0.0566. The molecule has 2 atom stereocenters. The fraction of sp³-hybridized carbons (Fsp3) is 0.636. The lowest BCUT2D eigenvalue weighted by atomic mass is 10.0. The van der Waals surface area contributed by atoms with Crippen LogP contribution in [0.4, 0.5) is 11.6 Å². The van der Waals surface area contributed by atoms with Crippen molar-refractivity contribution in [3.8, 4) is 0 Å². The van der Waals surface area contributed by atoms with Gasteiger partial charge >= 0.3 is 0 Å². The van der Waals surface area contributed by atoms with Crippen LogP contribution in [0.5, 0.6) is 0 Å². The molecule has 0 unspecified atom stereocenters. The van der Waals surface area contributed by atoms with E-state index in [1.807, 2.05) is 12.1 Å².